The van der Waals surface area contributed by atoms with Gasteiger partial charge in [0.25, 0.3) is 0 Å². The van der Waals surface area contributed by atoms with E-state index in [1.165, 1.54) is 18.2 Å². The quantitative estimate of drug-likeness (QED) is 0.746. The topological polar surface area (TPSA) is 91.2 Å². The minimum absolute atomic E-state index is 0.0406. The Balaban J connectivity index is 2.00. The number of nitrogens with one attached hydrogen (secondary N) is 2. The summed E-state index contributed by atoms with van der Waals surface area (Å²) in [5, 5.41) is 13.4. The molecule has 7 heteroatoms. The summed E-state index contributed by atoms with van der Waals surface area (Å²) in [6, 6.07) is 15.7. The van der Waals surface area contributed by atoms with Crippen LogP contribution in [0.15, 0.2) is 54.6 Å². The normalized spacial score (nSPS) is 11.1. The Bertz CT molecular complexity index is 790. The molecule has 0 spiro atoms. The van der Waals surface area contributed by atoms with Gasteiger partial charge in [-0.15, -0.1) is 0 Å². The summed E-state index contributed by atoms with van der Waals surface area (Å²) < 4.78 is 18.9. The number of rotatable bonds is 7. The number of halogens is 1. The number of hydrogen-bond donors (Lipinski definition) is 2. The number of amides is 2. The molecule has 0 heterocycles. The highest BCUT2D eigenvalue weighted by Crippen LogP contribution is 2.10. The van der Waals surface area contributed by atoms with Gasteiger partial charge in [0, 0.05) is 6.42 Å². The first-order valence-electron chi connectivity index (χ1n) is 7.95. The van der Waals surface area contributed by atoms with Crippen LogP contribution < -0.4 is 10.6 Å². The predicted molar refractivity (Wildman–Crippen MR) is 92.3 cm³/mol. The van der Waals surface area contributed by atoms with Gasteiger partial charge in [0.15, 0.2) is 0 Å². The maximum Gasteiger partial charge on any atom is 0.408 e. The van der Waals surface area contributed by atoms with E-state index in [9.17, 15) is 14.0 Å². The summed E-state index contributed by atoms with van der Waals surface area (Å²) in [6.07, 6.45) is -0.869. The summed E-state index contributed by atoms with van der Waals surface area (Å²) >= 11 is 0. The number of alkyl carbamates (subject to hydrolysis) is 1. The molecule has 2 aromatic carbocycles. The first-order valence-corrected chi connectivity index (χ1v) is 7.95. The Hall–Kier alpha value is -3.40. The lowest BCUT2D eigenvalue weighted by atomic mass is 10.0. The number of carbonyl (C=O) groups is 2. The van der Waals surface area contributed by atoms with Crippen molar-refractivity contribution in [3.05, 3.63) is 71.5 Å². The number of nitrogens with zero attached hydrogens (tertiary/aromatic N) is 1. The fourth-order valence-electron chi connectivity index (χ4n) is 2.25. The molecule has 0 bridgehead atoms. The monoisotopic (exact) mass is 355 g/mol. The number of benzene rings is 2. The van der Waals surface area contributed by atoms with Crippen LogP contribution in [0.5, 0.6) is 0 Å². The van der Waals surface area contributed by atoms with Crippen LogP contribution in [-0.4, -0.2) is 24.6 Å². The van der Waals surface area contributed by atoms with Crippen molar-refractivity contribution in [3.63, 3.8) is 0 Å². The molecule has 0 saturated heterocycles. The van der Waals surface area contributed by atoms with Crippen molar-refractivity contribution in [3.8, 4) is 6.07 Å². The van der Waals surface area contributed by atoms with Crippen LogP contribution in [0, 0.1) is 17.1 Å². The first-order chi connectivity index (χ1) is 12.6. The van der Waals surface area contributed by atoms with Crippen LogP contribution in [0.1, 0.15) is 11.1 Å². The van der Waals surface area contributed by atoms with Crippen LogP contribution in [0.25, 0.3) is 0 Å². The lowest BCUT2D eigenvalue weighted by Crippen LogP contribution is -2.48. The number of nitriles is 1. The lowest BCUT2D eigenvalue weighted by Gasteiger charge is -2.18. The summed E-state index contributed by atoms with van der Waals surface area (Å²) in [5.41, 5.74) is 1.07. The molecular weight excluding hydrogens is 337 g/mol. The Labute approximate surface area is 150 Å². The zero-order chi connectivity index (χ0) is 18.8. The van der Waals surface area contributed by atoms with E-state index in [2.05, 4.69) is 10.6 Å². The molecule has 2 rings (SSSR count). The van der Waals surface area contributed by atoms with Crippen LogP contribution in [0.2, 0.25) is 0 Å². The van der Waals surface area contributed by atoms with Gasteiger partial charge in [-0.3, -0.25) is 4.79 Å². The van der Waals surface area contributed by atoms with Gasteiger partial charge in [0.1, 0.15) is 25.0 Å². The van der Waals surface area contributed by atoms with Crippen LogP contribution in [0.4, 0.5) is 9.18 Å². The van der Waals surface area contributed by atoms with Crippen molar-refractivity contribution in [1.82, 2.24) is 10.6 Å². The van der Waals surface area contributed by atoms with Crippen molar-refractivity contribution in [1.29, 1.82) is 5.26 Å². The van der Waals surface area contributed by atoms with E-state index in [4.69, 9.17) is 10.00 Å². The third kappa shape index (κ3) is 5.91. The van der Waals surface area contributed by atoms with Crippen LogP contribution in [0.3, 0.4) is 0 Å². The average Bonchev–Trinajstić information content (AvgIpc) is 2.66. The summed E-state index contributed by atoms with van der Waals surface area (Å²) in [5.74, 6) is -1.07. The van der Waals surface area contributed by atoms with Crippen LogP contribution in [-0.2, 0) is 22.6 Å². The highest BCUT2D eigenvalue weighted by molar-refractivity contribution is 5.86. The number of hydrogen-bond acceptors (Lipinski definition) is 4. The lowest BCUT2D eigenvalue weighted by molar-refractivity contribution is -0.122. The van der Waals surface area contributed by atoms with E-state index in [1.54, 1.807) is 24.3 Å². The average molecular weight is 355 g/mol. The van der Waals surface area contributed by atoms with Crippen molar-refractivity contribution in [2.75, 3.05) is 6.54 Å². The second kappa shape index (κ2) is 9.79. The highest BCUT2D eigenvalue weighted by atomic mass is 19.1. The van der Waals surface area contributed by atoms with Gasteiger partial charge in [0.2, 0.25) is 5.91 Å². The molecule has 134 valence electrons. The Kier molecular flexibility index (Phi) is 7.13. The molecule has 0 fully saturated rings. The molecule has 0 unspecified atom stereocenters. The van der Waals surface area contributed by atoms with Gasteiger partial charge in [-0.25, -0.2) is 9.18 Å². The van der Waals surface area contributed by atoms with Gasteiger partial charge in [0.05, 0.1) is 6.07 Å². The molecular formula is C19H18FN3O3. The van der Waals surface area contributed by atoms with Crippen molar-refractivity contribution < 1.29 is 18.7 Å². The largest absolute Gasteiger partial charge is 0.445 e. The van der Waals surface area contributed by atoms with Crippen molar-refractivity contribution in [2.45, 2.75) is 19.1 Å². The summed E-state index contributed by atoms with van der Waals surface area (Å²) in [4.78, 5) is 24.2. The minimum Gasteiger partial charge on any atom is -0.445 e. The van der Waals surface area contributed by atoms with Crippen molar-refractivity contribution in [2.24, 2.45) is 0 Å². The third-order valence-electron chi connectivity index (χ3n) is 3.54. The SMILES string of the molecule is N#CCNC(=O)[C@@H](Cc1ccccc1F)NC(=O)OCc1ccccc1. The van der Waals surface area contributed by atoms with Gasteiger partial charge in [-0.2, -0.15) is 5.26 Å². The molecule has 0 radical (unpaired) electrons. The summed E-state index contributed by atoms with van der Waals surface area (Å²) in [6.45, 7) is -0.174. The van der Waals surface area contributed by atoms with Gasteiger partial charge in [-0.05, 0) is 17.2 Å². The van der Waals surface area contributed by atoms with E-state index in [1.807, 2.05) is 18.2 Å². The molecule has 0 aliphatic heterocycles. The molecule has 0 aromatic heterocycles. The minimum atomic E-state index is -1.07. The van der Waals surface area contributed by atoms with E-state index in [0.29, 0.717) is 0 Å². The van der Waals surface area contributed by atoms with E-state index in [-0.39, 0.29) is 25.1 Å². The first kappa shape index (κ1) is 18.9. The Morgan fingerprint density at radius 1 is 1.12 bits per heavy atom. The smallest absolute Gasteiger partial charge is 0.408 e. The molecule has 0 aliphatic rings. The predicted octanol–water partition coefficient (Wildman–Crippen LogP) is 2.30. The fraction of sp³-hybridized carbons (Fsp3) is 0.211. The van der Waals surface area contributed by atoms with Crippen molar-refractivity contribution >= 4 is 12.0 Å². The third-order valence-corrected chi connectivity index (χ3v) is 3.54. The standard InChI is InChI=1S/C19H18FN3O3/c20-16-9-5-4-8-15(16)12-17(18(24)22-11-10-21)23-19(25)26-13-14-6-2-1-3-7-14/h1-9,17H,11-13H2,(H,22,24)(H,23,25)/t17-/m1/s1. The zero-order valence-corrected chi connectivity index (χ0v) is 13.9. The van der Waals surface area contributed by atoms with Gasteiger partial charge in [-0.1, -0.05) is 48.5 Å². The van der Waals surface area contributed by atoms with E-state index in [0.717, 1.165) is 5.56 Å². The number of ether oxygens (including phenoxy) is 1. The van der Waals surface area contributed by atoms with E-state index >= 15 is 0 Å². The maximum absolute atomic E-state index is 13.8. The van der Waals surface area contributed by atoms with Gasteiger partial charge >= 0.3 is 6.09 Å². The van der Waals surface area contributed by atoms with E-state index < -0.39 is 23.9 Å². The molecule has 1 atom stereocenters. The second-order valence-corrected chi connectivity index (χ2v) is 5.43. The Morgan fingerprint density at radius 3 is 2.50 bits per heavy atom. The van der Waals surface area contributed by atoms with Crippen LogP contribution >= 0.6 is 0 Å². The number of carbonyl (C=O) groups excluding carboxylic acids is 2. The second-order valence-electron chi connectivity index (χ2n) is 5.43. The fourth-order valence-corrected chi connectivity index (χ4v) is 2.25. The molecule has 2 N–H and O–H groups in total. The molecule has 2 amide bonds. The Morgan fingerprint density at radius 2 is 1.81 bits per heavy atom. The highest BCUT2D eigenvalue weighted by Gasteiger charge is 2.23. The summed E-state index contributed by atoms with van der Waals surface area (Å²) in [7, 11) is 0. The maximum atomic E-state index is 13.8. The molecule has 26 heavy (non-hydrogen) atoms. The molecule has 2 aromatic rings. The molecule has 6 nitrogen and oxygen atoms in total. The molecule has 0 saturated carbocycles. The zero-order valence-electron chi connectivity index (χ0n) is 13.9. The molecule has 0 aliphatic carbocycles. The van der Waals surface area contributed by atoms with Gasteiger partial charge < -0.3 is 15.4 Å².